The summed E-state index contributed by atoms with van der Waals surface area (Å²) in [5.41, 5.74) is 3.94. The number of aromatic carboxylic acids is 1. The number of furan rings is 1. The van der Waals surface area contributed by atoms with Gasteiger partial charge in [0.25, 0.3) is 5.91 Å². The van der Waals surface area contributed by atoms with Crippen LogP contribution in [0.5, 0.6) is 0 Å². The number of carbonyl (C=O) groups excluding carboxylic acids is 1. The van der Waals surface area contributed by atoms with E-state index in [0.29, 0.717) is 17.0 Å². The van der Waals surface area contributed by atoms with E-state index in [-0.39, 0.29) is 17.1 Å². The monoisotopic (exact) mass is 377 g/mol. The second kappa shape index (κ2) is 7.35. The zero-order chi connectivity index (χ0) is 20.5. The number of carboxylic acid groups (broad SMARTS) is 1. The standard InChI is InChI=1S/C23H23NO4/c1-14-17(19-12-13-20(28-19)22(26)27)6-5-7-18(14)24-21(25)15-8-10-16(11-9-15)23(2,3)4/h5-13H,1-4H3,(H,24,25)(H,26,27). The molecule has 3 aromatic rings. The predicted molar refractivity (Wildman–Crippen MR) is 109 cm³/mol. The van der Waals surface area contributed by atoms with Crippen molar-refractivity contribution < 1.29 is 19.1 Å². The van der Waals surface area contributed by atoms with Crippen LogP contribution < -0.4 is 5.32 Å². The number of rotatable bonds is 4. The largest absolute Gasteiger partial charge is 0.475 e. The number of anilines is 1. The molecule has 2 aromatic carbocycles. The van der Waals surface area contributed by atoms with E-state index in [0.717, 1.165) is 16.7 Å². The van der Waals surface area contributed by atoms with E-state index in [9.17, 15) is 9.59 Å². The highest BCUT2D eigenvalue weighted by molar-refractivity contribution is 6.05. The van der Waals surface area contributed by atoms with E-state index >= 15 is 0 Å². The van der Waals surface area contributed by atoms with Gasteiger partial charge in [0.15, 0.2) is 0 Å². The molecule has 0 aliphatic carbocycles. The van der Waals surface area contributed by atoms with Crippen LogP contribution in [0.15, 0.2) is 59.0 Å². The first-order chi connectivity index (χ1) is 13.2. The van der Waals surface area contributed by atoms with Crippen molar-refractivity contribution in [3.05, 3.63) is 77.0 Å². The second-order valence-electron chi connectivity index (χ2n) is 7.73. The molecule has 3 rings (SSSR count). The Morgan fingerprint density at radius 1 is 0.964 bits per heavy atom. The molecule has 0 saturated heterocycles. The van der Waals surface area contributed by atoms with Crippen molar-refractivity contribution in [1.29, 1.82) is 0 Å². The van der Waals surface area contributed by atoms with Gasteiger partial charge >= 0.3 is 5.97 Å². The van der Waals surface area contributed by atoms with Crippen LogP contribution in [0, 0.1) is 6.92 Å². The van der Waals surface area contributed by atoms with Crippen LogP contribution in [0.3, 0.4) is 0 Å². The van der Waals surface area contributed by atoms with Crippen LogP contribution in [0.25, 0.3) is 11.3 Å². The van der Waals surface area contributed by atoms with Crippen LogP contribution in [0.1, 0.15) is 52.8 Å². The first kappa shape index (κ1) is 19.4. The summed E-state index contributed by atoms with van der Waals surface area (Å²) < 4.78 is 5.39. The Balaban J connectivity index is 1.84. The van der Waals surface area contributed by atoms with Gasteiger partial charge in [0, 0.05) is 16.8 Å². The maximum atomic E-state index is 12.7. The average Bonchev–Trinajstić information content (AvgIpc) is 3.13. The summed E-state index contributed by atoms with van der Waals surface area (Å²) in [6.07, 6.45) is 0. The Morgan fingerprint density at radius 2 is 1.64 bits per heavy atom. The molecule has 0 bridgehead atoms. The molecule has 0 aliphatic heterocycles. The van der Waals surface area contributed by atoms with Crippen molar-refractivity contribution in [3.8, 4) is 11.3 Å². The maximum Gasteiger partial charge on any atom is 0.371 e. The molecule has 28 heavy (non-hydrogen) atoms. The quantitative estimate of drug-likeness (QED) is 0.629. The lowest BCUT2D eigenvalue weighted by Gasteiger charge is -2.19. The lowest BCUT2D eigenvalue weighted by molar-refractivity contribution is 0.0663. The Hall–Kier alpha value is -3.34. The Kier molecular flexibility index (Phi) is 5.10. The van der Waals surface area contributed by atoms with Gasteiger partial charge in [-0.25, -0.2) is 4.79 Å². The third kappa shape index (κ3) is 3.98. The van der Waals surface area contributed by atoms with Gasteiger partial charge in [-0.2, -0.15) is 0 Å². The van der Waals surface area contributed by atoms with Crippen molar-refractivity contribution in [2.45, 2.75) is 33.1 Å². The fraction of sp³-hybridized carbons (Fsp3) is 0.217. The topological polar surface area (TPSA) is 79.5 Å². The minimum Gasteiger partial charge on any atom is -0.475 e. The summed E-state index contributed by atoms with van der Waals surface area (Å²) in [5.74, 6) is -0.998. The van der Waals surface area contributed by atoms with E-state index in [1.165, 1.54) is 6.07 Å². The molecule has 5 heteroatoms. The van der Waals surface area contributed by atoms with Gasteiger partial charge in [0.05, 0.1) is 0 Å². The number of hydrogen-bond acceptors (Lipinski definition) is 3. The summed E-state index contributed by atoms with van der Waals surface area (Å²) in [7, 11) is 0. The smallest absolute Gasteiger partial charge is 0.371 e. The number of amides is 1. The molecule has 144 valence electrons. The van der Waals surface area contributed by atoms with Gasteiger partial charge in [0.2, 0.25) is 5.76 Å². The first-order valence-electron chi connectivity index (χ1n) is 9.02. The summed E-state index contributed by atoms with van der Waals surface area (Å²) in [6, 6.07) is 16.0. The maximum absolute atomic E-state index is 12.7. The summed E-state index contributed by atoms with van der Waals surface area (Å²) in [5, 5.41) is 12.0. The first-order valence-corrected chi connectivity index (χ1v) is 9.02. The van der Waals surface area contributed by atoms with E-state index in [2.05, 4.69) is 26.1 Å². The number of benzene rings is 2. The number of carboxylic acids is 1. The van der Waals surface area contributed by atoms with Gasteiger partial charge in [-0.3, -0.25) is 4.79 Å². The molecular formula is C23H23NO4. The van der Waals surface area contributed by atoms with Crippen LogP contribution >= 0.6 is 0 Å². The fourth-order valence-electron chi connectivity index (χ4n) is 2.95. The molecule has 1 amide bonds. The van der Waals surface area contributed by atoms with E-state index in [1.807, 2.05) is 37.3 Å². The van der Waals surface area contributed by atoms with Crippen molar-refractivity contribution in [3.63, 3.8) is 0 Å². The molecule has 0 fully saturated rings. The van der Waals surface area contributed by atoms with Crippen molar-refractivity contribution in [2.24, 2.45) is 0 Å². The molecular weight excluding hydrogens is 354 g/mol. The van der Waals surface area contributed by atoms with Crippen LogP contribution in [-0.2, 0) is 5.41 Å². The third-order valence-corrected chi connectivity index (χ3v) is 4.68. The van der Waals surface area contributed by atoms with Crippen LogP contribution in [0.2, 0.25) is 0 Å². The highest BCUT2D eigenvalue weighted by Crippen LogP contribution is 2.30. The molecule has 2 N–H and O–H groups in total. The normalized spacial score (nSPS) is 11.3. The van der Waals surface area contributed by atoms with Gasteiger partial charge in [-0.1, -0.05) is 45.0 Å². The zero-order valence-corrected chi connectivity index (χ0v) is 16.4. The third-order valence-electron chi connectivity index (χ3n) is 4.68. The fourth-order valence-corrected chi connectivity index (χ4v) is 2.95. The minimum absolute atomic E-state index is 0.0256. The van der Waals surface area contributed by atoms with Crippen LogP contribution in [-0.4, -0.2) is 17.0 Å². The zero-order valence-electron chi connectivity index (χ0n) is 16.4. The average molecular weight is 377 g/mol. The van der Waals surface area contributed by atoms with Crippen molar-refractivity contribution in [1.82, 2.24) is 0 Å². The molecule has 1 aromatic heterocycles. The van der Waals surface area contributed by atoms with Gasteiger partial charge in [-0.05, 0) is 53.8 Å². The van der Waals surface area contributed by atoms with Gasteiger partial charge in [-0.15, -0.1) is 0 Å². The Morgan fingerprint density at radius 3 is 2.21 bits per heavy atom. The van der Waals surface area contributed by atoms with E-state index < -0.39 is 5.97 Å². The van der Waals surface area contributed by atoms with E-state index in [4.69, 9.17) is 9.52 Å². The lowest BCUT2D eigenvalue weighted by Crippen LogP contribution is -2.15. The lowest BCUT2D eigenvalue weighted by atomic mass is 9.86. The molecule has 0 aliphatic rings. The summed E-state index contributed by atoms with van der Waals surface area (Å²) in [6.45, 7) is 8.24. The number of carbonyl (C=O) groups is 2. The summed E-state index contributed by atoms with van der Waals surface area (Å²) in [4.78, 5) is 23.7. The second-order valence-corrected chi connectivity index (χ2v) is 7.73. The minimum atomic E-state index is -1.12. The molecule has 0 unspecified atom stereocenters. The highest BCUT2D eigenvalue weighted by Gasteiger charge is 2.16. The molecule has 0 spiro atoms. The summed E-state index contributed by atoms with van der Waals surface area (Å²) >= 11 is 0. The number of hydrogen-bond donors (Lipinski definition) is 2. The van der Waals surface area contributed by atoms with E-state index in [1.54, 1.807) is 18.2 Å². The van der Waals surface area contributed by atoms with Crippen molar-refractivity contribution in [2.75, 3.05) is 5.32 Å². The number of nitrogens with one attached hydrogen (secondary N) is 1. The highest BCUT2D eigenvalue weighted by atomic mass is 16.4. The molecule has 5 nitrogen and oxygen atoms in total. The molecule has 0 radical (unpaired) electrons. The molecule has 0 atom stereocenters. The van der Waals surface area contributed by atoms with Crippen LogP contribution in [0.4, 0.5) is 5.69 Å². The Bertz CT molecular complexity index is 1020. The predicted octanol–water partition coefficient (Wildman–Crippen LogP) is 5.50. The Labute approximate surface area is 164 Å². The molecule has 0 saturated carbocycles. The van der Waals surface area contributed by atoms with Gasteiger partial charge in [0.1, 0.15) is 5.76 Å². The molecule has 1 heterocycles. The van der Waals surface area contributed by atoms with Crippen molar-refractivity contribution >= 4 is 17.6 Å². The van der Waals surface area contributed by atoms with Gasteiger partial charge < -0.3 is 14.8 Å². The SMILES string of the molecule is Cc1c(NC(=O)c2ccc(C(C)(C)C)cc2)cccc1-c1ccc(C(=O)O)o1.